The lowest BCUT2D eigenvalue weighted by molar-refractivity contribution is 0.501. The number of nitrogens with zero attached hydrogens (tertiary/aromatic N) is 2. The molecule has 1 aromatic carbocycles. The van der Waals surface area contributed by atoms with E-state index in [4.69, 9.17) is 28.5 Å². The van der Waals surface area contributed by atoms with E-state index in [1.807, 2.05) is 23.1 Å². The molecule has 5 N–H and O–H groups in total. The Balaban J connectivity index is 2.05. The Labute approximate surface area is 111 Å². The maximum Gasteiger partial charge on any atom is 0.221 e. The first-order chi connectivity index (χ1) is 8.56. The molecule has 1 aliphatic heterocycles. The highest BCUT2D eigenvalue weighted by atomic mass is 35.5. The summed E-state index contributed by atoms with van der Waals surface area (Å²) in [6.45, 7) is 1.53. The van der Waals surface area contributed by atoms with Gasteiger partial charge >= 0.3 is 0 Å². The molecule has 5 nitrogen and oxygen atoms in total. The molecule has 1 aromatic rings. The second-order valence-corrected chi connectivity index (χ2v) is 4.78. The largest absolute Gasteiger partial charge is 0.370 e. The van der Waals surface area contributed by atoms with Gasteiger partial charge < -0.3 is 16.4 Å². The highest BCUT2D eigenvalue weighted by molar-refractivity contribution is 6.30. The third kappa shape index (κ3) is 2.92. The summed E-state index contributed by atoms with van der Waals surface area (Å²) in [6, 6.07) is 7.84. The lowest BCUT2D eigenvalue weighted by Gasteiger charge is -2.16. The van der Waals surface area contributed by atoms with Crippen LogP contribution in [-0.2, 0) is 0 Å². The van der Waals surface area contributed by atoms with Crippen molar-refractivity contribution >= 4 is 23.5 Å². The Morgan fingerprint density at radius 1 is 1.44 bits per heavy atom. The summed E-state index contributed by atoms with van der Waals surface area (Å²) >= 11 is 5.98. The molecule has 1 aliphatic rings. The Morgan fingerprint density at radius 3 is 2.89 bits per heavy atom. The minimum atomic E-state index is -0.0776. The number of guanidine groups is 2. The second kappa shape index (κ2) is 5.27. The van der Waals surface area contributed by atoms with Crippen molar-refractivity contribution in [2.24, 2.45) is 16.5 Å². The van der Waals surface area contributed by atoms with Crippen LogP contribution in [0.1, 0.15) is 17.9 Å². The van der Waals surface area contributed by atoms with Crippen LogP contribution in [0.3, 0.4) is 0 Å². The summed E-state index contributed by atoms with van der Waals surface area (Å²) in [5.74, 6) is 0.420. The van der Waals surface area contributed by atoms with Crippen molar-refractivity contribution in [1.82, 2.24) is 4.90 Å². The van der Waals surface area contributed by atoms with Crippen molar-refractivity contribution in [3.05, 3.63) is 34.9 Å². The standard InChI is InChI=1S/C12H16ClN5/c13-10-3-1-2-8(6-10)9-4-5-18(7-9)12(16)17-11(14)15/h1-3,6,9H,4-5,7H2,(H5,14,15,16,17). The molecule has 6 heteroatoms. The van der Waals surface area contributed by atoms with Crippen LogP contribution in [0, 0.1) is 5.41 Å². The molecule has 0 aromatic heterocycles. The van der Waals surface area contributed by atoms with Crippen molar-refractivity contribution in [3.8, 4) is 0 Å². The van der Waals surface area contributed by atoms with Crippen LogP contribution in [-0.4, -0.2) is 29.9 Å². The molecule has 1 unspecified atom stereocenters. The molecule has 1 fully saturated rings. The van der Waals surface area contributed by atoms with Crippen LogP contribution in [0.15, 0.2) is 29.3 Å². The zero-order valence-corrected chi connectivity index (χ0v) is 10.7. The van der Waals surface area contributed by atoms with Gasteiger partial charge in [-0.1, -0.05) is 23.7 Å². The van der Waals surface area contributed by atoms with E-state index in [0.29, 0.717) is 5.92 Å². The number of nitrogens with one attached hydrogen (secondary N) is 1. The van der Waals surface area contributed by atoms with Crippen LogP contribution in [0.4, 0.5) is 0 Å². The summed E-state index contributed by atoms with van der Waals surface area (Å²) in [7, 11) is 0. The number of nitrogens with two attached hydrogens (primary N) is 2. The molecular formula is C12H16ClN5. The predicted octanol–water partition coefficient (Wildman–Crippen LogP) is 1.34. The van der Waals surface area contributed by atoms with E-state index in [0.717, 1.165) is 24.5 Å². The first kappa shape index (κ1) is 12.7. The summed E-state index contributed by atoms with van der Waals surface area (Å²) < 4.78 is 0. The quantitative estimate of drug-likeness (QED) is 0.528. The average Bonchev–Trinajstić information content (AvgIpc) is 2.77. The van der Waals surface area contributed by atoms with Crippen molar-refractivity contribution in [2.45, 2.75) is 12.3 Å². The molecule has 0 bridgehead atoms. The molecule has 0 radical (unpaired) electrons. The van der Waals surface area contributed by atoms with Crippen LogP contribution in [0.25, 0.3) is 0 Å². The van der Waals surface area contributed by atoms with E-state index in [-0.39, 0.29) is 11.9 Å². The van der Waals surface area contributed by atoms with Gasteiger partial charge in [0.05, 0.1) is 0 Å². The first-order valence-electron chi connectivity index (χ1n) is 5.75. The van der Waals surface area contributed by atoms with Gasteiger partial charge in [0, 0.05) is 24.0 Å². The monoisotopic (exact) mass is 265 g/mol. The van der Waals surface area contributed by atoms with E-state index >= 15 is 0 Å². The van der Waals surface area contributed by atoms with E-state index in [1.54, 1.807) is 0 Å². The molecule has 18 heavy (non-hydrogen) atoms. The number of rotatable bonds is 1. The topological polar surface area (TPSA) is 91.5 Å². The molecule has 0 amide bonds. The smallest absolute Gasteiger partial charge is 0.221 e. The van der Waals surface area contributed by atoms with Gasteiger partial charge in [-0.25, -0.2) is 0 Å². The molecule has 0 aliphatic carbocycles. The SMILES string of the molecule is N=C(N=C(N)N)N1CCC(c2cccc(Cl)c2)C1. The summed E-state index contributed by atoms with van der Waals surface area (Å²) in [4.78, 5) is 5.63. The summed E-state index contributed by atoms with van der Waals surface area (Å²) in [5.41, 5.74) is 11.7. The van der Waals surface area contributed by atoms with Gasteiger partial charge in [-0.2, -0.15) is 4.99 Å². The van der Waals surface area contributed by atoms with E-state index in [9.17, 15) is 0 Å². The molecule has 1 saturated heterocycles. The fourth-order valence-corrected chi connectivity index (χ4v) is 2.38. The van der Waals surface area contributed by atoms with Crippen LogP contribution < -0.4 is 11.5 Å². The van der Waals surface area contributed by atoms with Crippen molar-refractivity contribution in [3.63, 3.8) is 0 Å². The lowest BCUT2D eigenvalue weighted by atomic mass is 9.99. The van der Waals surface area contributed by atoms with Gasteiger partial charge in [-0.15, -0.1) is 0 Å². The van der Waals surface area contributed by atoms with Gasteiger partial charge in [-0.05, 0) is 24.1 Å². The maximum atomic E-state index is 7.76. The average molecular weight is 266 g/mol. The number of benzene rings is 1. The maximum absolute atomic E-state index is 7.76. The van der Waals surface area contributed by atoms with Crippen LogP contribution in [0.5, 0.6) is 0 Å². The zero-order chi connectivity index (χ0) is 13.1. The Bertz CT molecular complexity index is 481. The first-order valence-corrected chi connectivity index (χ1v) is 6.12. The number of aliphatic imine (C=N–C) groups is 1. The van der Waals surface area contributed by atoms with Gasteiger partial charge in [0.15, 0.2) is 5.96 Å². The number of hydrogen-bond donors (Lipinski definition) is 3. The molecule has 96 valence electrons. The number of hydrogen-bond acceptors (Lipinski definition) is 1. The Morgan fingerprint density at radius 2 is 2.22 bits per heavy atom. The minimum Gasteiger partial charge on any atom is -0.370 e. The third-order valence-electron chi connectivity index (χ3n) is 3.04. The third-order valence-corrected chi connectivity index (χ3v) is 3.28. The lowest BCUT2D eigenvalue weighted by Crippen LogP contribution is -2.31. The highest BCUT2D eigenvalue weighted by Gasteiger charge is 2.25. The molecular weight excluding hydrogens is 250 g/mol. The fourth-order valence-electron chi connectivity index (χ4n) is 2.18. The van der Waals surface area contributed by atoms with E-state index < -0.39 is 0 Å². The van der Waals surface area contributed by atoms with Crippen molar-refractivity contribution in [2.75, 3.05) is 13.1 Å². The number of halogens is 1. The fraction of sp³-hybridized carbons (Fsp3) is 0.333. The Kier molecular flexibility index (Phi) is 3.72. The molecule has 1 atom stereocenters. The van der Waals surface area contributed by atoms with Gasteiger partial charge in [-0.3, -0.25) is 5.41 Å². The van der Waals surface area contributed by atoms with Crippen molar-refractivity contribution < 1.29 is 0 Å². The summed E-state index contributed by atoms with van der Waals surface area (Å²) in [5, 5.41) is 8.50. The van der Waals surface area contributed by atoms with Gasteiger partial charge in [0.2, 0.25) is 5.96 Å². The van der Waals surface area contributed by atoms with E-state index in [2.05, 4.69) is 11.1 Å². The molecule has 2 rings (SSSR count). The molecule has 1 heterocycles. The zero-order valence-electron chi connectivity index (χ0n) is 9.94. The van der Waals surface area contributed by atoms with Crippen LogP contribution in [0.2, 0.25) is 5.02 Å². The number of likely N-dealkylation sites (tertiary alicyclic amines) is 1. The second-order valence-electron chi connectivity index (χ2n) is 4.35. The molecule has 0 saturated carbocycles. The van der Waals surface area contributed by atoms with Gasteiger partial charge in [0.1, 0.15) is 0 Å². The minimum absolute atomic E-state index is 0.0776. The van der Waals surface area contributed by atoms with Crippen molar-refractivity contribution in [1.29, 1.82) is 5.41 Å². The molecule has 0 spiro atoms. The van der Waals surface area contributed by atoms with E-state index in [1.165, 1.54) is 5.56 Å². The predicted molar refractivity (Wildman–Crippen MR) is 73.9 cm³/mol. The Hall–Kier alpha value is -1.75. The van der Waals surface area contributed by atoms with Crippen LogP contribution >= 0.6 is 11.6 Å². The summed E-state index contributed by atoms with van der Waals surface area (Å²) in [6.07, 6.45) is 0.975. The highest BCUT2D eigenvalue weighted by Crippen LogP contribution is 2.28. The normalized spacial score (nSPS) is 18.7. The van der Waals surface area contributed by atoms with Gasteiger partial charge in [0.25, 0.3) is 0 Å².